The van der Waals surface area contributed by atoms with Crippen LogP contribution in [-0.2, 0) is 0 Å². The quantitative estimate of drug-likeness (QED) is 0.313. The van der Waals surface area contributed by atoms with Crippen molar-refractivity contribution in [3.8, 4) is 0 Å². The molecule has 0 bridgehead atoms. The molecule has 3 N–H and O–H groups in total. The van der Waals surface area contributed by atoms with Crippen LogP contribution in [0.3, 0.4) is 0 Å². The summed E-state index contributed by atoms with van der Waals surface area (Å²) in [5.74, 6) is 0. The Labute approximate surface area is 98.0 Å². The molecule has 0 amide bonds. The highest BCUT2D eigenvalue weighted by atomic mass is 127. The van der Waals surface area contributed by atoms with Gasteiger partial charge in [-0.05, 0) is 34.0 Å². The van der Waals surface area contributed by atoms with Gasteiger partial charge in [0, 0.05) is 0 Å². The Hall–Kier alpha value is 1.47. The van der Waals surface area contributed by atoms with Crippen LogP contribution in [0.2, 0.25) is 0 Å². The Balaban J connectivity index is 3.47. The average Bonchev–Trinajstić information content (AvgIpc) is 1.97. The van der Waals surface area contributed by atoms with Crippen LogP contribution in [0.1, 0.15) is 34.6 Å². The van der Waals surface area contributed by atoms with Crippen LogP contribution in [0.25, 0.3) is 0 Å². The van der Waals surface area contributed by atoms with Crippen molar-refractivity contribution in [2.24, 2.45) is 0 Å². The smallest absolute Gasteiger partial charge is 0.0540 e. The van der Waals surface area contributed by atoms with Gasteiger partial charge in [-0.2, -0.15) is 5.53 Å². The van der Waals surface area contributed by atoms with E-state index in [1.165, 1.54) is 0 Å². The van der Waals surface area contributed by atoms with Gasteiger partial charge in [0.2, 0.25) is 0 Å². The second-order valence-electron chi connectivity index (χ2n) is 4.47. The third-order valence-electron chi connectivity index (χ3n) is 1.11. The van der Waals surface area contributed by atoms with Crippen LogP contribution >= 0.6 is 37.0 Å². The Morgan fingerprint density at radius 2 is 1.62 bits per heavy atom. The molecule has 0 aliphatic heterocycles. The lowest BCUT2D eigenvalue weighted by Crippen LogP contribution is -2.49. The maximum absolute atomic E-state index is 3.23. The van der Waals surface area contributed by atoms with Gasteiger partial charge in [-0.3, -0.25) is 0 Å². The maximum Gasteiger partial charge on any atom is 0.0540 e. The molecule has 0 radical (unpaired) electrons. The first-order valence-corrected chi connectivity index (χ1v) is 9.30. The molecular formula is C7H20IN3P2. The Morgan fingerprint density at radius 1 is 1.08 bits per heavy atom. The van der Waals surface area contributed by atoms with E-state index in [0.717, 1.165) is 6.22 Å². The summed E-state index contributed by atoms with van der Waals surface area (Å²) in [5, 5.41) is 3.68. The molecule has 0 rings (SSSR count). The fourth-order valence-corrected chi connectivity index (χ4v) is 1.44. The van der Waals surface area contributed by atoms with Gasteiger partial charge in [-0.1, -0.05) is 42.8 Å². The minimum Gasteiger partial charge on any atom is -0.234 e. The fraction of sp³-hybridized carbons (Fsp3) is 1.00. The molecule has 13 heavy (non-hydrogen) atoms. The molecule has 3 nitrogen and oxygen atoms in total. The van der Waals surface area contributed by atoms with Crippen LogP contribution in [0, 0.1) is 0 Å². The van der Waals surface area contributed by atoms with Gasteiger partial charge in [0.15, 0.2) is 0 Å². The molecule has 0 saturated carbocycles. The molecule has 0 aliphatic carbocycles. The van der Waals surface area contributed by atoms with Crippen molar-refractivity contribution in [1.29, 1.82) is 0 Å². The zero-order valence-corrected chi connectivity index (χ0v) is 13.0. The van der Waals surface area contributed by atoms with E-state index in [-0.39, 0.29) is 5.28 Å². The first kappa shape index (κ1) is 14.5. The van der Waals surface area contributed by atoms with Crippen molar-refractivity contribution in [2.75, 3.05) is 0 Å². The van der Waals surface area contributed by atoms with E-state index in [1.807, 2.05) is 0 Å². The van der Waals surface area contributed by atoms with Gasteiger partial charge in [0.25, 0.3) is 0 Å². The summed E-state index contributed by atoms with van der Waals surface area (Å²) in [5.41, 5.74) is 6.28. The molecule has 0 aromatic rings. The number of halogens is 1. The minimum absolute atomic E-state index is 0.163. The summed E-state index contributed by atoms with van der Waals surface area (Å²) in [4.78, 5) is 0. The summed E-state index contributed by atoms with van der Waals surface area (Å²) in [6.45, 7) is 11.0. The van der Waals surface area contributed by atoms with Gasteiger partial charge in [0.05, 0.1) is 5.28 Å². The molecule has 0 aromatic carbocycles. The standard InChI is InChI=1S/C7H20IN3P2/c1-6(2,3)13-11-10-9-7(4,5)12-8/h9-13H,1-5H3. The minimum atomic E-state index is 0.163. The summed E-state index contributed by atoms with van der Waals surface area (Å²) in [6.07, 6.45) is 0.842. The number of hydrazine groups is 2. The Kier molecular flexibility index (Phi) is 6.83. The third-order valence-corrected chi connectivity index (χ3v) is 6.75. The van der Waals surface area contributed by atoms with Crippen molar-refractivity contribution in [3.63, 3.8) is 0 Å². The van der Waals surface area contributed by atoms with Crippen LogP contribution in [0.4, 0.5) is 0 Å². The zero-order valence-electron chi connectivity index (χ0n) is 8.88. The molecule has 0 heterocycles. The van der Waals surface area contributed by atoms with Crippen LogP contribution in [0.15, 0.2) is 0 Å². The molecule has 2 unspecified atom stereocenters. The molecule has 80 valence electrons. The zero-order chi connectivity index (χ0) is 10.5. The number of hydrogen-bond acceptors (Lipinski definition) is 3. The second-order valence-corrected chi connectivity index (χ2v) is 9.53. The largest absolute Gasteiger partial charge is 0.234 e. The highest BCUT2D eigenvalue weighted by molar-refractivity contribution is 14.2. The van der Waals surface area contributed by atoms with Gasteiger partial charge in [-0.15, -0.1) is 0 Å². The number of rotatable bonds is 5. The van der Waals surface area contributed by atoms with E-state index < -0.39 is 0 Å². The van der Waals surface area contributed by atoms with Crippen molar-refractivity contribution in [3.05, 3.63) is 0 Å². The number of hydrogen-bond donors (Lipinski definition) is 3. The van der Waals surface area contributed by atoms with Crippen molar-refractivity contribution in [1.82, 2.24) is 16.2 Å². The first-order chi connectivity index (χ1) is 5.77. The second kappa shape index (κ2) is 6.14. The predicted octanol–water partition coefficient (Wildman–Crippen LogP) is 2.74. The summed E-state index contributed by atoms with van der Waals surface area (Å²) in [7, 11) is 0.706. The molecule has 0 aliphatic rings. The van der Waals surface area contributed by atoms with Gasteiger partial charge in [-0.25, -0.2) is 10.6 Å². The molecule has 0 spiro atoms. The number of nitrogens with one attached hydrogen (secondary N) is 3. The van der Waals surface area contributed by atoms with Crippen molar-refractivity contribution >= 4 is 37.0 Å². The topological polar surface area (TPSA) is 36.1 Å². The van der Waals surface area contributed by atoms with Gasteiger partial charge < -0.3 is 0 Å². The summed E-state index contributed by atoms with van der Waals surface area (Å²) >= 11 is 2.40. The van der Waals surface area contributed by atoms with E-state index in [1.54, 1.807) is 0 Å². The third kappa shape index (κ3) is 9.77. The Morgan fingerprint density at radius 3 is 2.00 bits per heavy atom. The first-order valence-electron chi connectivity index (χ1n) is 4.19. The van der Waals surface area contributed by atoms with E-state index in [4.69, 9.17) is 0 Å². The van der Waals surface area contributed by atoms with E-state index in [2.05, 4.69) is 72.8 Å². The summed E-state index contributed by atoms with van der Waals surface area (Å²) < 4.78 is 0. The van der Waals surface area contributed by atoms with Crippen molar-refractivity contribution in [2.45, 2.75) is 45.1 Å². The van der Waals surface area contributed by atoms with Gasteiger partial charge >= 0.3 is 0 Å². The highest BCUT2D eigenvalue weighted by Crippen LogP contribution is 2.35. The SMILES string of the molecule is CC(C)(C)PNNNC(C)(C)PI. The highest BCUT2D eigenvalue weighted by Gasteiger charge is 2.15. The van der Waals surface area contributed by atoms with Crippen LogP contribution < -0.4 is 16.2 Å². The van der Waals surface area contributed by atoms with Crippen molar-refractivity contribution < 1.29 is 0 Å². The normalized spacial score (nSPS) is 15.2. The van der Waals surface area contributed by atoms with Gasteiger partial charge in [0.1, 0.15) is 0 Å². The fourth-order valence-electron chi connectivity index (χ4n) is 0.430. The molecule has 6 heteroatoms. The molecule has 0 saturated heterocycles. The summed E-state index contributed by atoms with van der Waals surface area (Å²) in [6, 6.07) is 0. The van der Waals surface area contributed by atoms with Crippen LogP contribution in [-0.4, -0.2) is 10.4 Å². The van der Waals surface area contributed by atoms with E-state index in [0.29, 0.717) is 13.9 Å². The lowest BCUT2D eigenvalue weighted by atomic mass is 10.3. The Bertz CT molecular complexity index is 147. The van der Waals surface area contributed by atoms with Crippen LogP contribution in [0.5, 0.6) is 0 Å². The lowest BCUT2D eigenvalue weighted by Gasteiger charge is -2.26. The molecular weight excluding hydrogens is 315 g/mol. The molecule has 2 atom stereocenters. The molecule has 0 fully saturated rings. The predicted molar refractivity (Wildman–Crippen MR) is 73.9 cm³/mol. The lowest BCUT2D eigenvalue weighted by molar-refractivity contribution is 0.427. The van der Waals surface area contributed by atoms with E-state index in [9.17, 15) is 0 Å². The monoisotopic (exact) mass is 335 g/mol. The maximum atomic E-state index is 3.23. The average molecular weight is 335 g/mol. The molecule has 0 aromatic heterocycles. The van der Waals surface area contributed by atoms with E-state index >= 15 is 0 Å².